The Bertz CT molecular complexity index is 756. The minimum atomic E-state index is -4.99. The van der Waals surface area contributed by atoms with Crippen molar-refractivity contribution >= 4 is 13.8 Å². The topological polar surface area (TPSA) is 192 Å². The molecule has 1 rings (SSSR count). The van der Waals surface area contributed by atoms with E-state index in [2.05, 4.69) is 13.8 Å². The maximum Gasteiger partial charge on any atom is 0.472 e. The number of unbranched alkanes of at least 4 members (excludes halogenated alkanes) is 15. The molecule has 1 aliphatic rings. The van der Waals surface area contributed by atoms with Crippen LogP contribution in [0.25, 0.3) is 0 Å². The van der Waals surface area contributed by atoms with Crippen LogP contribution in [-0.2, 0) is 27.9 Å². The van der Waals surface area contributed by atoms with E-state index in [1.165, 1.54) is 64.2 Å². The van der Waals surface area contributed by atoms with E-state index in [1.54, 1.807) is 0 Å². The second-order valence-corrected chi connectivity index (χ2v) is 13.4. The van der Waals surface area contributed by atoms with Gasteiger partial charge in [0.15, 0.2) is 0 Å². The first-order chi connectivity index (χ1) is 21.0. The number of aliphatic hydroxyl groups is 5. The zero-order valence-electron chi connectivity index (χ0n) is 27.0. The Morgan fingerprint density at radius 1 is 0.636 bits per heavy atom. The lowest BCUT2D eigenvalue weighted by Crippen LogP contribution is -2.64. The van der Waals surface area contributed by atoms with Gasteiger partial charge in [0.2, 0.25) is 0 Å². The molecule has 6 N–H and O–H groups in total. The van der Waals surface area contributed by atoms with E-state index < -0.39 is 63.1 Å². The summed E-state index contributed by atoms with van der Waals surface area (Å²) in [6, 6.07) is 0. The summed E-state index contributed by atoms with van der Waals surface area (Å²) in [5.74, 6) is -0.483. The minimum absolute atomic E-state index is 0.0709. The van der Waals surface area contributed by atoms with E-state index in [0.29, 0.717) is 13.0 Å². The number of hydrogen-bond donors (Lipinski definition) is 6. The second-order valence-electron chi connectivity index (χ2n) is 12.0. The first kappa shape index (κ1) is 41.4. The molecule has 1 saturated carbocycles. The number of hydrogen-bond acceptors (Lipinski definition) is 11. The van der Waals surface area contributed by atoms with E-state index >= 15 is 0 Å². The van der Waals surface area contributed by atoms with Crippen molar-refractivity contribution < 1.29 is 58.3 Å². The molecule has 1 fully saturated rings. The molecule has 0 amide bonds. The molecule has 0 aromatic rings. The summed E-state index contributed by atoms with van der Waals surface area (Å²) < 4.78 is 33.7. The Hall–Kier alpha value is -0.660. The SMILES string of the molecule is CCCCCCCCCCCOCC(COP(=O)(O)OC1C(O)C(O)C(O)C(O)C1O)OC(=O)CCCCCCCCCC. The van der Waals surface area contributed by atoms with Crippen LogP contribution in [0.2, 0.25) is 0 Å². The first-order valence-electron chi connectivity index (χ1n) is 16.9. The molecule has 0 aromatic carbocycles. The highest BCUT2D eigenvalue weighted by Crippen LogP contribution is 2.47. The quantitative estimate of drug-likeness (QED) is 0.0418. The van der Waals surface area contributed by atoms with Gasteiger partial charge in [0.05, 0.1) is 13.2 Å². The van der Waals surface area contributed by atoms with Gasteiger partial charge in [0.25, 0.3) is 0 Å². The molecule has 13 heteroatoms. The van der Waals surface area contributed by atoms with Crippen molar-refractivity contribution in [3.8, 4) is 0 Å². The van der Waals surface area contributed by atoms with E-state index in [0.717, 1.165) is 38.5 Å². The second kappa shape index (κ2) is 24.5. The van der Waals surface area contributed by atoms with Gasteiger partial charge in [-0.25, -0.2) is 4.57 Å². The molecule has 6 atom stereocenters. The van der Waals surface area contributed by atoms with E-state index in [-0.39, 0.29) is 13.0 Å². The first-order valence-corrected chi connectivity index (χ1v) is 18.4. The van der Waals surface area contributed by atoms with E-state index in [9.17, 15) is 39.8 Å². The fourth-order valence-electron chi connectivity index (χ4n) is 5.18. The number of phosphoric acid groups is 1. The zero-order chi connectivity index (χ0) is 32.8. The van der Waals surface area contributed by atoms with Gasteiger partial charge >= 0.3 is 13.8 Å². The molecular formula is C31H61O12P. The number of aliphatic hydroxyl groups excluding tert-OH is 5. The van der Waals surface area contributed by atoms with E-state index in [4.69, 9.17) is 18.5 Å². The number of ether oxygens (including phenoxy) is 2. The average Bonchev–Trinajstić information content (AvgIpc) is 3.00. The van der Waals surface area contributed by atoms with Gasteiger partial charge in [-0.05, 0) is 12.8 Å². The summed E-state index contributed by atoms with van der Waals surface area (Å²) >= 11 is 0. The highest BCUT2D eigenvalue weighted by molar-refractivity contribution is 7.47. The predicted octanol–water partition coefficient (Wildman–Crippen LogP) is 4.30. The lowest BCUT2D eigenvalue weighted by atomic mass is 9.85. The summed E-state index contributed by atoms with van der Waals surface area (Å²) in [5, 5.41) is 49.7. The maximum atomic E-state index is 12.6. The standard InChI is InChI=1S/C31H61O12P/c1-3-5-7-9-11-13-15-17-19-21-40-22-24(42-25(32)20-18-16-14-12-10-8-6-4-2)23-41-44(38,39)43-31-29(36)27(34)26(33)28(35)30(31)37/h24,26-31,33-37H,3-23H2,1-2H3,(H,38,39). The van der Waals surface area contributed by atoms with Gasteiger partial charge in [0, 0.05) is 13.0 Å². The largest absolute Gasteiger partial charge is 0.472 e. The summed E-state index contributed by atoms with van der Waals surface area (Å²) in [5.41, 5.74) is 0. The Morgan fingerprint density at radius 2 is 1.07 bits per heavy atom. The van der Waals surface area contributed by atoms with Crippen LogP contribution in [0.3, 0.4) is 0 Å². The number of phosphoric ester groups is 1. The van der Waals surface area contributed by atoms with Crippen molar-refractivity contribution in [2.45, 2.75) is 172 Å². The third-order valence-corrected chi connectivity index (χ3v) is 8.97. The van der Waals surface area contributed by atoms with Gasteiger partial charge in [0.1, 0.15) is 42.7 Å². The van der Waals surface area contributed by atoms with Crippen molar-refractivity contribution in [1.82, 2.24) is 0 Å². The number of carbonyl (C=O) groups is 1. The molecule has 6 unspecified atom stereocenters. The molecule has 1 aliphatic carbocycles. The van der Waals surface area contributed by atoms with Crippen molar-refractivity contribution in [2.24, 2.45) is 0 Å². The van der Waals surface area contributed by atoms with Crippen LogP contribution in [0.5, 0.6) is 0 Å². The van der Waals surface area contributed by atoms with E-state index in [1.807, 2.05) is 0 Å². The molecule has 0 radical (unpaired) electrons. The summed E-state index contributed by atoms with van der Waals surface area (Å²) in [6.45, 7) is 4.16. The number of rotatable bonds is 27. The highest BCUT2D eigenvalue weighted by Gasteiger charge is 2.51. The molecule has 0 aromatic heterocycles. The third kappa shape index (κ3) is 17.9. The van der Waals surface area contributed by atoms with Crippen molar-refractivity contribution in [3.63, 3.8) is 0 Å². The van der Waals surface area contributed by atoms with Gasteiger partial charge < -0.3 is 39.9 Å². The molecule has 0 bridgehead atoms. The van der Waals surface area contributed by atoms with Crippen LogP contribution in [-0.4, -0.2) is 98.9 Å². The van der Waals surface area contributed by atoms with Crippen LogP contribution in [0.4, 0.5) is 0 Å². The third-order valence-electron chi connectivity index (χ3n) is 7.98. The summed E-state index contributed by atoms with van der Waals surface area (Å²) in [7, 11) is -4.99. The smallest absolute Gasteiger partial charge is 0.457 e. The van der Waals surface area contributed by atoms with Crippen LogP contribution < -0.4 is 0 Å². The number of carbonyl (C=O) groups excluding carboxylic acids is 1. The predicted molar refractivity (Wildman–Crippen MR) is 166 cm³/mol. The molecule has 262 valence electrons. The molecular weight excluding hydrogens is 595 g/mol. The van der Waals surface area contributed by atoms with Crippen LogP contribution >= 0.6 is 7.82 Å². The van der Waals surface area contributed by atoms with Crippen LogP contribution in [0.15, 0.2) is 0 Å². The highest BCUT2D eigenvalue weighted by atomic mass is 31.2. The lowest BCUT2D eigenvalue weighted by Gasteiger charge is -2.41. The van der Waals surface area contributed by atoms with Gasteiger partial charge in [-0.3, -0.25) is 13.8 Å². The lowest BCUT2D eigenvalue weighted by molar-refractivity contribution is -0.220. The molecule has 12 nitrogen and oxygen atoms in total. The molecule has 44 heavy (non-hydrogen) atoms. The Labute approximate surface area is 264 Å². The molecule has 0 aliphatic heterocycles. The summed E-state index contributed by atoms with van der Waals surface area (Å²) in [4.78, 5) is 22.8. The van der Waals surface area contributed by atoms with Crippen molar-refractivity contribution in [2.75, 3.05) is 19.8 Å². The monoisotopic (exact) mass is 656 g/mol. The Kier molecular flexibility index (Phi) is 23.0. The fourth-order valence-corrected chi connectivity index (χ4v) is 6.15. The minimum Gasteiger partial charge on any atom is -0.457 e. The van der Waals surface area contributed by atoms with Crippen LogP contribution in [0.1, 0.15) is 129 Å². The van der Waals surface area contributed by atoms with Gasteiger partial charge in [-0.2, -0.15) is 0 Å². The fraction of sp³-hybridized carbons (Fsp3) is 0.968. The zero-order valence-corrected chi connectivity index (χ0v) is 27.9. The number of esters is 1. The molecule has 0 heterocycles. The molecule has 0 spiro atoms. The Balaban J connectivity index is 2.54. The Morgan fingerprint density at radius 3 is 1.57 bits per heavy atom. The maximum absolute atomic E-state index is 12.6. The normalized spacial score (nSPS) is 25.9. The van der Waals surface area contributed by atoms with Crippen molar-refractivity contribution in [3.05, 3.63) is 0 Å². The van der Waals surface area contributed by atoms with Crippen molar-refractivity contribution in [1.29, 1.82) is 0 Å². The molecule has 0 saturated heterocycles. The van der Waals surface area contributed by atoms with Gasteiger partial charge in [-0.15, -0.1) is 0 Å². The van der Waals surface area contributed by atoms with Crippen LogP contribution in [0, 0.1) is 0 Å². The van der Waals surface area contributed by atoms with Gasteiger partial charge in [-0.1, -0.05) is 110 Å². The summed E-state index contributed by atoms with van der Waals surface area (Å²) in [6.07, 6.45) is 6.50. The average molecular weight is 657 g/mol.